The minimum absolute atomic E-state index is 0.0422. The number of hydrogen-bond donors (Lipinski definition) is 0. The molecule has 1 aliphatic heterocycles. The second-order valence-corrected chi connectivity index (χ2v) is 10.8. The number of thioether (sulfide) groups is 1. The van der Waals surface area contributed by atoms with Crippen LogP contribution < -0.4 is 5.56 Å². The third-order valence-corrected chi connectivity index (χ3v) is 9.21. The van der Waals surface area contributed by atoms with Crippen molar-refractivity contribution in [3.63, 3.8) is 0 Å². The number of nitrogens with zero attached hydrogens (tertiary/aromatic N) is 3. The van der Waals surface area contributed by atoms with E-state index in [1.54, 1.807) is 24.3 Å². The smallest absolute Gasteiger partial charge is 0.267 e. The average Bonchev–Trinajstić information content (AvgIpc) is 3.36. The molecule has 5 rings (SSSR count). The molecular weight excluding hydrogens is 534 g/mol. The molecule has 0 fully saturated rings. The SMILES string of the molecule is O=c1c2sc3nc(C4=CI=CS4)cc(C(F)(F)F)c3c2ncn1-c1ccccc1. The molecule has 146 valence electrons. The lowest BCUT2D eigenvalue weighted by Crippen LogP contribution is -2.17. The number of alkyl halides is 3. The monoisotopic (exact) mass is 543 g/mol. The van der Waals surface area contributed by atoms with E-state index in [0.29, 0.717) is 11.4 Å². The third kappa shape index (κ3) is 3.22. The third-order valence-electron chi connectivity index (χ3n) is 4.33. The van der Waals surface area contributed by atoms with Gasteiger partial charge in [-0.2, -0.15) is 13.2 Å². The zero-order valence-corrected chi connectivity index (χ0v) is 18.1. The zero-order valence-electron chi connectivity index (χ0n) is 14.3. The van der Waals surface area contributed by atoms with Gasteiger partial charge >= 0.3 is 6.18 Å². The Morgan fingerprint density at radius 1 is 1.14 bits per heavy atom. The van der Waals surface area contributed by atoms with Crippen molar-refractivity contribution in [3.8, 4) is 5.69 Å². The van der Waals surface area contributed by atoms with Crippen molar-refractivity contribution < 1.29 is 13.2 Å². The van der Waals surface area contributed by atoms with Crippen molar-refractivity contribution in [1.29, 1.82) is 0 Å². The largest absolute Gasteiger partial charge is 0.417 e. The van der Waals surface area contributed by atoms with Crippen LogP contribution in [0.2, 0.25) is 0 Å². The minimum Gasteiger partial charge on any atom is -0.267 e. The summed E-state index contributed by atoms with van der Waals surface area (Å²) in [5.41, 5.74) is -0.285. The van der Waals surface area contributed by atoms with Crippen LogP contribution in [0.1, 0.15) is 11.3 Å². The first-order valence-electron chi connectivity index (χ1n) is 8.22. The predicted octanol–water partition coefficient (Wildman–Crippen LogP) is 5.79. The fourth-order valence-electron chi connectivity index (χ4n) is 3.05. The molecule has 0 radical (unpaired) electrons. The molecule has 0 spiro atoms. The Bertz CT molecular complexity index is 1390. The minimum atomic E-state index is -4.58. The standard InChI is InChI=1S/C19H9F3IN3OS2/c20-19(21,22)11-6-12(13-7-23-8-28-13)25-17-14(11)15-16(29-17)18(27)26(9-24-15)10-4-2-1-3-5-10/h1-9H. The normalized spacial score (nSPS) is 14.4. The number of aromatic nitrogens is 3. The molecule has 0 bridgehead atoms. The lowest BCUT2D eigenvalue weighted by atomic mass is 10.1. The van der Waals surface area contributed by atoms with E-state index in [-0.39, 0.29) is 41.2 Å². The van der Waals surface area contributed by atoms with Gasteiger partial charge in [-0.15, -0.1) is 11.3 Å². The number of para-hydroxylation sites is 1. The highest BCUT2D eigenvalue weighted by atomic mass is 127. The van der Waals surface area contributed by atoms with E-state index in [1.165, 1.54) is 22.7 Å². The summed E-state index contributed by atoms with van der Waals surface area (Å²) < 4.78 is 47.1. The molecule has 1 aromatic carbocycles. The maximum Gasteiger partial charge on any atom is 0.417 e. The summed E-state index contributed by atoms with van der Waals surface area (Å²) in [5, 5.41) is -0.110. The van der Waals surface area contributed by atoms with Crippen LogP contribution in [0.25, 0.3) is 31.0 Å². The van der Waals surface area contributed by atoms with E-state index in [9.17, 15) is 18.0 Å². The van der Waals surface area contributed by atoms with Crippen LogP contribution in [-0.2, 0) is 6.18 Å². The molecule has 10 heteroatoms. The summed E-state index contributed by atoms with van der Waals surface area (Å²) in [5.74, 6) is 0. The Morgan fingerprint density at radius 3 is 2.62 bits per heavy atom. The van der Waals surface area contributed by atoms with E-state index in [2.05, 4.69) is 9.97 Å². The molecule has 0 amide bonds. The number of halogens is 4. The van der Waals surface area contributed by atoms with Gasteiger partial charge in [-0.3, -0.25) is 9.36 Å². The highest BCUT2D eigenvalue weighted by molar-refractivity contribution is 14.2. The van der Waals surface area contributed by atoms with Gasteiger partial charge < -0.3 is 0 Å². The zero-order chi connectivity index (χ0) is 20.2. The van der Waals surface area contributed by atoms with Crippen molar-refractivity contribution in [2.45, 2.75) is 6.18 Å². The van der Waals surface area contributed by atoms with Crippen LogP contribution in [0.15, 0.2) is 51.6 Å². The maximum atomic E-state index is 13.9. The van der Waals surface area contributed by atoms with Gasteiger partial charge in [-0.25, -0.2) is 9.97 Å². The van der Waals surface area contributed by atoms with E-state index in [1.807, 2.05) is 13.5 Å². The van der Waals surface area contributed by atoms with Gasteiger partial charge in [0.05, 0.1) is 27.8 Å². The Morgan fingerprint density at radius 2 is 1.93 bits per heavy atom. The maximum absolute atomic E-state index is 13.9. The van der Waals surface area contributed by atoms with Crippen LogP contribution >= 0.6 is 43.8 Å². The molecule has 1 aliphatic rings. The van der Waals surface area contributed by atoms with Gasteiger partial charge in [0, 0.05) is 8.25 Å². The molecule has 0 saturated heterocycles. The van der Waals surface area contributed by atoms with Crippen molar-refractivity contribution in [3.05, 3.63) is 68.4 Å². The molecule has 0 atom stereocenters. The summed E-state index contributed by atoms with van der Waals surface area (Å²) in [6.07, 6.45) is -3.31. The van der Waals surface area contributed by atoms with Crippen LogP contribution in [-0.4, -0.2) is 17.9 Å². The molecular formula is C19H9F3IN3OS2. The molecule has 0 N–H and O–H groups in total. The van der Waals surface area contributed by atoms with Gasteiger partial charge in [0.2, 0.25) is 0 Å². The first kappa shape index (κ1) is 18.9. The van der Waals surface area contributed by atoms with Crippen LogP contribution in [0.4, 0.5) is 13.2 Å². The Kier molecular flexibility index (Phi) is 4.59. The van der Waals surface area contributed by atoms with Gasteiger partial charge in [-0.1, -0.05) is 50.7 Å². The Hall–Kier alpha value is -2.05. The molecule has 0 saturated carbocycles. The van der Waals surface area contributed by atoms with Gasteiger partial charge in [0.1, 0.15) is 15.9 Å². The summed E-state index contributed by atoms with van der Waals surface area (Å²) in [7, 11) is 0. The van der Waals surface area contributed by atoms with Crippen molar-refractivity contribution in [1.82, 2.24) is 14.5 Å². The molecule has 4 nitrogen and oxygen atoms in total. The molecule has 3 aromatic heterocycles. The van der Waals surface area contributed by atoms with E-state index in [4.69, 9.17) is 0 Å². The van der Waals surface area contributed by atoms with Gasteiger partial charge in [0.25, 0.3) is 5.56 Å². The number of hydrogen-bond acceptors (Lipinski definition) is 5. The lowest BCUT2D eigenvalue weighted by Gasteiger charge is -2.11. The Labute approximate surface area is 179 Å². The van der Waals surface area contributed by atoms with Crippen molar-refractivity contribution >= 4 is 72.5 Å². The predicted molar refractivity (Wildman–Crippen MR) is 121 cm³/mol. The molecule has 0 aliphatic carbocycles. The second kappa shape index (κ2) is 7.03. The average molecular weight is 543 g/mol. The summed E-state index contributed by atoms with van der Waals surface area (Å²) in [6, 6.07) is 9.92. The first-order valence-corrected chi connectivity index (χ1v) is 12.4. The van der Waals surface area contributed by atoms with Crippen LogP contribution in [0.5, 0.6) is 0 Å². The van der Waals surface area contributed by atoms with Crippen LogP contribution in [0, 0.1) is 0 Å². The molecule has 4 heterocycles. The topological polar surface area (TPSA) is 47.8 Å². The van der Waals surface area contributed by atoms with Gasteiger partial charge in [-0.05, 0) is 22.3 Å². The number of pyridine rings is 1. The van der Waals surface area contributed by atoms with Crippen molar-refractivity contribution in [2.24, 2.45) is 0 Å². The second-order valence-electron chi connectivity index (χ2n) is 6.07. The van der Waals surface area contributed by atoms with E-state index < -0.39 is 17.3 Å². The van der Waals surface area contributed by atoms with Crippen molar-refractivity contribution in [2.75, 3.05) is 0 Å². The highest BCUT2D eigenvalue weighted by Crippen LogP contribution is 2.43. The fourth-order valence-corrected chi connectivity index (χ4v) is 7.74. The number of rotatable bonds is 2. The van der Waals surface area contributed by atoms with E-state index in [0.717, 1.165) is 22.3 Å². The molecule has 0 unspecified atom stereocenters. The lowest BCUT2D eigenvalue weighted by molar-refractivity contribution is -0.136. The van der Waals surface area contributed by atoms with Gasteiger partial charge in [0.15, 0.2) is 0 Å². The summed E-state index contributed by atoms with van der Waals surface area (Å²) >= 11 is 2.10. The molecule has 4 aromatic rings. The summed E-state index contributed by atoms with van der Waals surface area (Å²) in [4.78, 5) is 22.6. The first-order chi connectivity index (χ1) is 13.9. The number of benzene rings is 1. The number of thiophene rings is 1. The van der Waals surface area contributed by atoms with Crippen LogP contribution in [0.3, 0.4) is 0 Å². The molecule has 29 heavy (non-hydrogen) atoms. The number of fused-ring (bicyclic) bond motifs is 3. The quantitative estimate of drug-likeness (QED) is 0.301. The fraction of sp³-hybridized carbons (Fsp3) is 0.0526. The van der Waals surface area contributed by atoms with E-state index >= 15 is 0 Å². The summed E-state index contributed by atoms with van der Waals surface area (Å²) in [6.45, 7) is 0. The Balaban J connectivity index is 1.83. The highest BCUT2D eigenvalue weighted by Gasteiger charge is 2.36.